The predicted octanol–water partition coefficient (Wildman–Crippen LogP) is 2.32. The quantitative estimate of drug-likeness (QED) is 0.869. The molecule has 1 aromatic carbocycles. The molecule has 0 aliphatic rings. The summed E-state index contributed by atoms with van der Waals surface area (Å²) in [5.74, 6) is -1.76. The number of rotatable bonds is 6. The Morgan fingerprint density at radius 1 is 1.42 bits per heavy atom. The Morgan fingerprint density at radius 2 is 2.11 bits per heavy atom. The highest BCUT2D eigenvalue weighted by Gasteiger charge is 2.22. The van der Waals surface area contributed by atoms with Gasteiger partial charge in [0.2, 0.25) is 5.91 Å². The Morgan fingerprint density at radius 3 is 2.63 bits per heavy atom. The maximum Gasteiger partial charge on any atom is 0.258 e. The van der Waals surface area contributed by atoms with Crippen molar-refractivity contribution < 1.29 is 14.0 Å². The fraction of sp³-hybridized carbons (Fsp3) is 0.385. The molecule has 104 valence electrons. The molecule has 0 aliphatic carbocycles. The highest BCUT2D eigenvalue weighted by molar-refractivity contribution is 9.10. The van der Waals surface area contributed by atoms with Gasteiger partial charge in [0.25, 0.3) is 5.91 Å². The van der Waals surface area contributed by atoms with Crippen LogP contribution >= 0.6 is 15.9 Å². The molecule has 2 amide bonds. The van der Waals surface area contributed by atoms with Crippen LogP contribution in [-0.4, -0.2) is 29.8 Å². The van der Waals surface area contributed by atoms with Gasteiger partial charge in [0.05, 0.1) is 12.1 Å². The first-order chi connectivity index (χ1) is 8.97. The Kier molecular flexibility index (Phi) is 5.95. The van der Waals surface area contributed by atoms with E-state index in [2.05, 4.69) is 15.9 Å². The smallest absolute Gasteiger partial charge is 0.258 e. The fourth-order valence-electron chi connectivity index (χ4n) is 1.65. The lowest BCUT2D eigenvalue weighted by molar-refractivity contribution is -0.118. The highest BCUT2D eigenvalue weighted by atomic mass is 79.9. The maximum absolute atomic E-state index is 13.7. The van der Waals surface area contributed by atoms with Crippen LogP contribution in [0.15, 0.2) is 22.7 Å². The Hall–Kier alpha value is -1.43. The van der Waals surface area contributed by atoms with Gasteiger partial charge in [-0.15, -0.1) is 0 Å². The minimum atomic E-state index is -0.620. The van der Waals surface area contributed by atoms with E-state index < -0.39 is 17.6 Å². The van der Waals surface area contributed by atoms with Gasteiger partial charge in [-0.25, -0.2) is 4.39 Å². The van der Waals surface area contributed by atoms with Crippen LogP contribution in [0.25, 0.3) is 0 Å². The SMILES string of the molecule is CCCCN(CC(N)=O)C(=O)c1c(F)cccc1Br. The van der Waals surface area contributed by atoms with Gasteiger partial charge < -0.3 is 10.6 Å². The van der Waals surface area contributed by atoms with Gasteiger partial charge >= 0.3 is 0 Å². The van der Waals surface area contributed by atoms with Crippen LogP contribution < -0.4 is 5.73 Å². The third-order valence-electron chi connectivity index (χ3n) is 2.59. The van der Waals surface area contributed by atoms with Crippen molar-refractivity contribution in [2.24, 2.45) is 5.73 Å². The monoisotopic (exact) mass is 330 g/mol. The lowest BCUT2D eigenvalue weighted by Gasteiger charge is -2.21. The topological polar surface area (TPSA) is 63.4 Å². The lowest BCUT2D eigenvalue weighted by atomic mass is 10.1. The molecule has 19 heavy (non-hydrogen) atoms. The molecule has 1 rings (SSSR count). The van der Waals surface area contributed by atoms with Gasteiger partial charge in [-0.3, -0.25) is 9.59 Å². The van der Waals surface area contributed by atoms with Gasteiger partial charge in [-0.2, -0.15) is 0 Å². The summed E-state index contributed by atoms with van der Waals surface area (Å²) < 4.78 is 14.1. The molecular formula is C13H16BrFN2O2. The molecule has 0 saturated carbocycles. The van der Waals surface area contributed by atoms with E-state index >= 15 is 0 Å². The first-order valence-electron chi connectivity index (χ1n) is 5.99. The van der Waals surface area contributed by atoms with Crippen LogP contribution in [0.2, 0.25) is 0 Å². The number of unbranched alkanes of at least 4 members (excludes halogenated alkanes) is 1. The molecule has 0 atom stereocenters. The minimum absolute atomic E-state index is 0.0696. The predicted molar refractivity (Wildman–Crippen MR) is 74.1 cm³/mol. The molecule has 0 aromatic heterocycles. The molecule has 1 aromatic rings. The van der Waals surface area contributed by atoms with E-state index in [4.69, 9.17) is 5.73 Å². The van der Waals surface area contributed by atoms with Crippen molar-refractivity contribution in [2.45, 2.75) is 19.8 Å². The standard InChI is InChI=1S/C13H16BrFN2O2/c1-2-3-7-17(8-11(16)18)13(19)12-9(14)5-4-6-10(12)15/h4-6H,2-3,7-8H2,1H3,(H2,16,18). The van der Waals surface area contributed by atoms with Crippen LogP contribution in [0.1, 0.15) is 30.1 Å². The van der Waals surface area contributed by atoms with Crippen LogP contribution in [0.3, 0.4) is 0 Å². The number of benzene rings is 1. The molecule has 2 N–H and O–H groups in total. The first-order valence-corrected chi connectivity index (χ1v) is 6.78. The number of hydrogen-bond acceptors (Lipinski definition) is 2. The summed E-state index contributed by atoms with van der Waals surface area (Å²) in [4.78, 5) is 24.6. The van der Waals surface area contributed by atoms with E-state index in [1.165, 1.54) is 17.0 Å². The Balaban J connectivity index is 3.01. The number of carbonyl (C=O) groups excluding carboxylic acids is 2. The number of nitrogens with two attached hydrogens (primary N) is 1. The third kappa shape index (κ3) is 4.31. The number of hydrogen-bond donors (Lipinski definition) is 1. The normalized spacial score (nSPS) is 10.3. The van der Waals surface area contributed by atoms with Gasteiger partial charge in [0.15, 0.2) is 0 Å². The lowest BCUT2D eigenvalue weighted by Crippen LogP contribution is -2.39. The minimum Gasteiger partial charge on any atom is -0.368 e. The number of halogens is 2. The van der Waals surface area contributed by atoms with Gasteiger partial charge in [0, 0.05) is 11.0 Å². The van der Waals surface area contributed by atoms with Crippen molar-refractivity contribution in [3.63, 3.8) is 0 Å². The van der Waals surface area contributed by atoms with Gasteiger partial charge in [-0.05, 0) is 34.5 Å². The summed E-state index contributed by atoms with van der Waals surface area (Å²) in [7, 11) is 0. The van der Waals surface area contributed by atoms with E-state index in [-0.39, 0.29) is 12.1 Å². The van der Waals surface area contributed by atoms with E-state index in [9.17, 15) is 14.0 Å². The molecule has 0 spiro atoms. The summed E-state index contributed by atoms with van der Waals surface area (Å²) in [6.45, 7) is 2.13. The Bertz CT molecular complexity index is 459. The number of nitrogens with zero attached hydrogens (tertiary/aromatic N) is 1. The van der Waals surface area contributed by atoms with E-state index in [1.807, 2.05) is 6.92 Å². The zero-order chi connectivity index (χ0) is 14.4. The summed E-state index contributed by atoms with van der Waals surface area (Å²) in [5, 5.41) is 0. The zero-order valence-corrected chi connectivity index (χ0v) is 12.2. The second-order valence-corrected chi connectivity index (χ2v) is 5.00. The number of primary amides is 1. The molecule has 4 nitrogen and oxygen atoms in total. The zero-order valence-electron chi connectivity index (χ0n) is 10.7. The first kappa shape index (κ1) is 15.6. The second-order valence-electron chi connectivity index (χ2n) is 4.14. The maximum atomic E-state index is 13.7. The molecule has 0 radical (unpaired) electrons. The molecule has 0 aliphatic heterocycles. The van der Waals surface area contributed by atoms with Crippen LogP contribution in [0, 0.1) is 5.82 Å². The van der Waals surface area contributed by atoms with Crippen LogP contribution in [0.5, 0.6) is 0 Å². The molecule has 0 saturated heterocycles. The summed E-state index contributed by atoms with van der Waals surface area (Å²) in [6.07, 6.45) is 1.59. The summed E-state index contributed by atoms with van der Waals surface area (Å²) in [6, 6.07) is 4.29. The van der Waals surface area contributed by atoms with Gasteiger partial charge in [0.1, 0.15) is 5.82 Å². The van der Waals surface area contributed by atoms with E-state index in [1.54, 1.807) is 6.07 Å². The average Bonchev–Trinajstić information content (AvgIpc) is 2.33. The third-order valence-corrected chi connectivity index (χ3v) is 3.25. The summed E-state index contributed by atoms with van der Waals surface area (Å²) in [5.41, 5.74) is 5.05. The fourth-order valence-corrected chi connectivity index (χ4v) is 2.16. The van der Waals surface area contributed by atoms with Crippen molar-refractivity contribution >= 4 is 27.7 Å². The molecule has 0 heterocycles. The Labute approximate surface area is 119 Å². The van der Waals surface area contributed by atoms with Gasteiger partial charge in [-0.1, -0.05) is 19.4 Å². The molecule has 0 bridgehead atoms. The molecule has 0 fully saturated rings. The van der Waals surface area contributed by atoms with Crippen LogP contribution in [-0.2, 0) is 4.79 Å². The van der Waals surface area contributed by atoms with Crippen molar-refractivity contribution in [3.8, 4) is 0 Å². The molecular weight excluding hydrogens is 315 g/mol. The number of amides is 2. The van der Waals surface area contributed by atoms with Crippen molar-refractivity contribution in [1.29, 1.82) is 0 Å². The largest absolute Gasteiger partial charge is 0.368 e. The highest BCUT2D eigenvalue weighted by Crippen LogP contribution is 2.21. The number of carbonyl (C=O) groups is 2. The molecule has 0 unspecified atom stereocenters. The van der Waals surface area contributed by atoms with Crippen LogP contribution in [0.4, 0.5) is 4.39 Å². The van der Waals surface area contributed by atoms with Crippen molar-refractivity contribution in [3.05, 3.63) is 34.1 Å². The van der Waals surface area contributed by atoms with Crippen molar-refractivity contribution in [1.82, 2.24) is 4.90 Å². The second kappa shape index (κ2) is 7.23. The summed E-state index contributed by atoms with van der Waals surface area (Å²) >= 11 is 3.15. The average molecular weight is 331 g/mol. The van der Waals surface area contributed by atoms with E-state index in [0.717, 1.165) is 12.8 Å². The molecule has 6 heteroatoms. The van der Waals surface area contributed by atoms with Crippen molar-refractivity contribution in [2.75, 3.05) is 13.1 Å². The van der Waals surface area contributed by atoms with E-state index in [0.29, 0.717) is 11.0 Å².